The van der Waals surface area contributed by atoms with Crippen LogP contribution in [0.15, 0.2) is 30.3 Å². The smallest absolute Gasteiger partial charge is 0.344 e. The lowest BCUT2D eigenvalue weighted by molar-refractivity contribution is -0.166. The Morgan fingerprint density at radius 3 is 2.26 bits per heavy atom. The van der Waals surface area contributed by atoms with Crippen LogP contribution in [0.5, 0.6) is 5.75 Å². The number of amides is 1. The third-order valence-electron chi connectivity index (χ3n) is 2.31. The molecule has 23 heavy (non-hydrogen) atoms. The lowest BCUT2D eigenvalue weighted by Crippen LogP contribution is -2.35. The summed E-state index contributed by atoms with van der Waals surface area (Å²) in [5.74, 6) is -1.30. The Morgan fingerprint density at radius 1 is 1.00 bits per heavy atom. The highest BCUT2D eigenvalue weighted by Gasteiger charge is 2.17. The molecule has 0 radical (unpaired) electrons. The first-order valence-electron chi connectivity index (χ1n) is 7.08. The summed E-state index contributed by atoms with van der Waals surface area (Å²) in [4.78, 5) is 34.3. The van der Waals surface area contributed by atoms with Crippen molar-refractivity contribution >= 4 is 17.8 Å². The van der Waals surface area contributed by atoms with Crippen molar-refractivity contribution in [3.05, 3.63) is 30.3 Å². The molecule has 0 aliphatic carbocycles. The van der Waals surface area contributed by atoms with Crippen LogP contribution in [0.4, 0.5) is 0 Å². The van der Waals surface area contributed by atoms with E-state index < -0.39 is 30.1 Å². The first kappa shape index (κ1) is 18.5. The van der Waals surface area contributed by atoms with E-state index in [1.807, 2.05) is 6.07 Å². The molecule has 0 atom stereocenters. The molecule has 0 aromatic heterocycles. The van der Waals surface area contributed by atoms with Gasteiger partial charge in [-0.15, -0.1) is 0 Å². The van der Waals surface area contributed by atoms with Gasteiger partial charge in [0.25, 0.3) is 5.91 Å². The number of hydrogen-bond acceptors (Lipinski definition) is 6. The van der Waals surface area contributed by atoms with E-state index >= 15 is 0 Å². The first-order chi connectivity index (χ1) is 10.8. The van der Waals surface area contributed by atoms with E-state index in [2.05, 4.69) is 5.32 Å². The molecule has 0 fully saturated rings. The molecule has 0 aliphatic heterocycles. The number of esters is 2. The highest BCUT2D eigenvalue weighted by Crippen LogP contribution is 2.08. The number of carbonyl (C=O) groups excluding carboxylic acids is 3. The van der Waals surface area contributed by atoms with Gasteiger partial charge in [-0.25, -0.2) is 4.79 Å². The van der Waals surface area contributed by atoms with Crippen molar-refractivity contribution in [1.82, 2.24) is 5.32 Å². The van der Waals surface area contributed by atoms with Gasteiger partial charge in [0.15, 0.2) is 13.2 Å². The van der Waals surface area contributed by atoms with E-state index in [1.165, 1.54) is 0 Å². The van der Waals surface area contributed by atoms with Crippen molar-refractivity contribution in [3.63, 3.8) is 0 Å². The second-order valence-electron chi connectivity index (χ2n) is 5.63. The summed E-state index contributed by atoms with van der Waals surface area (Å²) in [5.41, 5.74) is -0.646. The van der Waals surface area contributed by atoms with Gasteiger partial charge in [-0.1, -0.05) is 18.2 Å². The average Bonchev–Trinajstić information content (AvgIpc) is 2.48. The van der Waals surface area contributed by atoms with Gasteiger partial charge in [0, 0.05) is 0 Å². The van der Waals surface area contributed by atoms with Crippen molar-refractivity contribution < 1.29 is 28.6 Å². The summed E-state index contributed by atoms with van der Waals surface area (Å²) >= 11 is 0. The van der Waals surface area contributed by atoms with E-state index in [9.17, 15) is 14.4 Å². The summed E-state index contributed by atoms with van der Waals surface area (Å²) in [6.45, 7) is 4.06. The van der Waals surface area contributed by atoms with Gasteiger partial charge < -0.3 is 19.5 Å². The molecule has 0 spiro atoms. The normalized spacial score (nSPS) is 10.6. The van der Waals surface area contributed by atoms with Crippen molar-refractivity contribution in [2.24, 2.45) is 0 Å². The van der Waals surface area contributed by atoms with Gasteiger partial charge in [0.1, 0.15) is 17.9 Å². The molecular weight excluding hydrogens is 302 g/mol. The van der Waals surface area contributed by atoms with Crippen LogP contribution in [0.1, 0.15) is 20.8 Å². The second kappa shape index (κ2) is 8.77. The third-order valence-corrected chi connectivity index (χ3v) is 2.31. The molecule has 0 unspecified atom stereocenters. The topological polar surface area (TPSA) is 90.9 Å². The maximum atomic E-state index is 11.5. The van der Waals surface area contributed by atoms with Crippen LogP contribution in [0.25, 0.3) is 0 Å². The summed E-state index contributed by atoms with van der Waals surface area (Å²) in [7, 11) is 0. The van der Waals surface area contributed by atoms with Crippen LogP contribution in [0.3, 0.4) is 0 Å². The molecule has 0 heterocycles. The number of ether oxygens (including phenoxy) is 3. The molecule has 1 amide bonds. The molecule has 1 rings (SSSR count). The molecule has 0 saturated heterocycles. The Hall–Kier alpha value is -2.57. The van der Waals surface area contributed by atoms with Crippen molar-refractivity contribution in [3.8, 4) is 5.75 Å². The molecule has 1 N–H and O–H groups in total. The van der Waals surface area contributed by atoms with Crippen LogP contribution in [0.2, 0.25) is 0 Å². The molecule has 7 heteroatoms. The fraction of sp³-hybridized carbons (Fsp3) is 0.438. The molecule has 0 aliphatic rings. The summed E-state index contributed by atoms with van der Waals surface area (Å²) < 4.78 is 14.9. The Balaban J connectivity index is 2.17. The molecule has 7 nitrogen and oxygen atoms in total. The lowest BCUT2D eigenvalue weighted by atomic mass is 10.2. The standard InChI is InChI=1S/C16H21NO6/c1-16(2,3)23-15(20)11-22-14(19)9-17-13(18)10-21-12-7-5-4-6-8-12/h4-8H,9-11H2,1-3H3,(H,17,18). The quantitative estimate of drug-likeness (QED) is 0.755. The Kier molecular flexibility index (Phi) is 7.05. The number of hydrogen-bond donors (Lipinski definition) is 1. The van der Waals surface area contributed by atoms with Crippen LogP contribution in [-0.4, -0.2) is 43.2 Å². The minimum atomic E-state index is -0.732. The van der Waals surface area contributed by atoms with Crippen molar-refractivity contribution in [2.45, 2.75) is 26.4 Å². The minimum Gasteiger partial charge on any atom is -0.484 e. The maximum absolute atomic E-state index is 11.5. The zero-order valence-electron chi connectivity index (χ0n) is 13.5. The molecular formula is C16H21NO6. The third kappa shape index (κ3) is 9.13. The second-order valence-corrected chi connectivity index (χ2v) is 5.63. The van der Waals surface area contributed by atoms with Crippen LogP contribution >= 0.6 is 0 Å². The maximum Gasteiger partial charge on any atom is 0.344 e. The van der Waals surface area contributed by atoms with E-state index in [-0.39, 0.29) is 13.2 Å². The number of nitrogens with one attached hydrogen (secondary N) is 1. The largest absolute Gasteiger partial charge is 0.484 e. The van der Waals surface area contributed by atoms with Crippen LogP contribution < -0.4 is 10.1 Å². The summed E-state index contributed by atoms with van der Waals surface area (Å²) in [5, 5.41) is 2.33. The molecule has 126 valence electrons. The van der Waals surface area contributed by atoms with Gasteiger partial charge in [0.2, 0.25) is 0 Å². The van der Waals surface area contributed by atoms with Gasteiger partial charge in [-0.3, -0.25) is 9.59 Å². The average molecular weight is 323 g/mol. The van der Waals surface area contributed by atoms with Gasteiger partial charge >= 0.3 is 11.9 Å². The SMILES string of the molecule is CC(C)(C)OC(=O)COC(=O)CNC(=O)COc1ccccc1. The predicted octanol–water partition coefficient (Wildman–Crippen LogP) is 1.07. The van der Waals surface area contributed by atoms with Crippen LogP contribution in [-0.2, 0) is 23.9 Å². The number of benzene rings is 1. The van der Waals surface area contributed by atoms with E-state index in [0.717, 1.165) is 0 Å². The monoisotopic (exact) mass is 323 g/mol. The summed E-state index contributed by atoms with van der Waals surface area (Å²) in [6.07, 6.45) is 0. The first-order valence-corrected chi connectivity index (χ1v) is 7.08. The van der Waals surface area contributed by atoms with Gasteiger partial charge in [-0.05, 0) is 32.9 Å². The molecule has 1 aromatic rings. The highest BCUT2D eigenvalue weighted by atomic mass is 16.6. The number of para-hydroxylation sites is 1. The van der Waals surface area contributed by atoms with Gasteiger partial charge in [0.05, 0.1) is 0 Å². The number of carbonyl (C=O) groups is 3. The molecule has 1 aromatic carbocycles. The van der Waals surface area contributed by atoms with E-state index in [0.29, 0.717) is 5.75 Å². The fourth-order valence-corrected chi connectivity index (χ4v) is 1.45. The Bertz CT molecular complexity index is 535. The molecule has 0 bridgehead atoms. The van der Waals surface area contributed by atoms with E-state index in [1.54, 1.807) is 45.0 Å². The minimum absolute atomic E-state index is 0.219. The zero-order chi connectivity index (χ0) is 17.3. The predicted molar refractivity (Wildman–Crippen MR) is 81.8 cm³/mol. The van der Waals surface area contributed by atoms with E-state index in [4.69, 9.17) is 14.2 Å². The van der Waals surface area contributed by atoms with Gasteiger partial charge in [-0.2, -0.15) is 0 Å². The fourth-order valence-electron chi connectivity index (χ4n) is 1.45. The number of rotatable bonds is 7. The molecule has 0 saturated carbocycles. The lowest BCUT2D eigenvalue weighted by Gasteiger charge is -2.19. The Labute approximate surface area is 134 Å². The van der Waals surface area contributed by atoms with Crippen molar-refractivity contribution in [1.29, 1.82) is 0 Å². The highest BCUT2D eigenvalue weighted by molar-refractivity contribution is 5.83. The zero-order valence-corrected chi connectivity index (χ0v) is 13.5. The Morgan fingerprint density at radius 2 is 1.65 bits per heavy atom. The van der Waals surface area contributed by atoms with Crippen molar-refractivity contribution in [2.75, 3.05) is 19.8 Å². The summed E-state index contributed by atoms with van der Waals surface area (Å²) in [6, 6.07) is 8.81. The van der Waals surface area contributed by atoms with Crippen LogP contribution in [0, 0.1) is 0 Å².